The molecule has 0 saturated heterocycles. The first-order valence-electron chi connectivity index (χ1n) is 3.59. The summed E-state index contributed by atoms with van der Waals surface area (Å²) in [7, 11) is 1.16. The summed E-state index contributed by atoms with van der Waals surface area (Å²) in [5.74, 6) is -3.36. The van der Waals surface area contributed by atoms with E-state index in [9.17, 15) is 14.7 Å². The molecule has 0 aromatic rings. The predicted molar refractivity (Wildman–Crippen MR) is 40.0 cm³/mol. The molecule has 0 aromatic carbocycles. The van der Waals surface area contributed by atoms with E-state index in [0.29, 0.717) is 0 Å². The van der Waals surface area contributed by atoms with Crippen molar-refractivity contribution in [2.45, 2.75) is 20.8 Å². The van der Waals surface area contributed by atoms with Crippen molar-refractivity contribution in [3.05, 3.63) is 0 Å². The highest BCUT2D eigenvalue weighted by Gasteiger charge is 2.33. The van der Waals surface area contributed by atoms with Gasteiger partial charge in [-0.3, -0.25) is 4.79 Å². The first kappa shape index (κ1) is 10.9. The third-order valence-electron chi connectivity index (χ3n) is 1.54. The van der Waals surface area contributed by atoms with Crippen LogP contribution in [0.1, 0.15) is 20.8 Å². The number of esters is 1. The molecule has 0 N–H and O–H groups in total. The fourth-order valence-corrected chi connectivity index (χ4v) is 0.921. The SMILES string of the molecule is COC(=O)[C@H](C(=O)[O-])C(C)(C)C. The number of hydrogen-bond donors (Lipinski definition) is 0. The van der Waals surface area contributed by atoms with Crippen molar-refractivity contribution in [3.8, 4) is 0 Å². The fraction of sp³-hybridized carbons (Fsp3) is 0.750. The Balaban J connectivity index is 4.68. The molecule has 0 amide bonds. The van der Waals surface area contributed by atoms with Gasteiger partial charge in [-0.1, -0.05) is 20.8 Å². The maximum Gasteiger partial charge on any atom is 0.314 e. The molecule has 0 heterocycles. The molecule has 0 saturated carbocycles. The topological polar surface area (TPSA) is 66.4 Å². The lowest BCUT2D eigenvalue weighted by Gasteiger charge is -2.28. The molecule has 0 aliphatic heterocycles. The number of carbonyl (C=O) groups excluding carboxylic acids is 2. The minimum absolute atomic E-state index is 0.675. The van der Waals surface area contributed by atoms with Gasteiger partial charge >= 0.3 is 5.97 Å². The van der Waals surface area contributed by atoms with E-state index in [4.69, 9.17) is 0 Å². The summed E-state index contributed by atoms with van der Waals surface area (Å²) < 4.78 is 4.34. The predicted octanol–water partition coefficient (Wildman–Crippen LogP) is -0.428. The van der Waals surface area contributed by atoms with E-state index in [1.165, 1.54) is 0 Å². The van der Waals surface area contributed by atoms with Crippen LogP contribution >= 0.6 is 0 Å². The van der Waals surface area contributed by atoms with Crippen molar-refractivity contribution in [1.82, 2.24) is 0 Å². The second-order valence-corrected chi connectivity index (χ2v) is 3.64. The largest absolute Gasteiger partial charge is 0.549 e. The summed E-state index contributed by atoms with van der Waals surface area (Å²) in [4.78, 5) is 21.5. The zero-order valence-electron chi connectivity index (χ0n) is 7.71. The second kappa shape index (κ2) is 3.56. The minimum atomic E-state index is -1.39. The molecule has 0 bridgehead atoms. The Morgan fingerprint density at radius 2 is 1.75 bits per heavy atom. The Bertz CT molecular complexity index is 190. The van der Waals surface area contributed by atoms with Crippen molar-refractivity contribution in [2.75, 3.05) is 7.11 Å². The summed E-state index contributed by atoms with van der Waals surface area (Å²) >= 11 is 0. The first-order chi connectivity index (χ1) is 5.30. The maximum absolute atomic E-state index is 11.0. The summed E-state index contributed by atoms with van der Waals surface area (Å²) in [5, 5.41) is 10.5. The minimum Gasteiger partial charge on any atom is -0.549 e. The van der Waals surface area contributed by atoms with Gasteiger partial charge in [-0.05, 0) is 5.41 Å². The Kier molecular flexibility index (Phi) is 3.24. The van der Waals surface area contributed by atoms with E-state index in [2.05, 4.69) is 4.74 Å². The lowest BCUT2D eigenvalue weighted by molar-refractivity contribution is -0.313. The van der Waals surface area contributed by atoms with Crippen LogP contribution in [-0.4, -0.2) is 19.0 Å². The van der Waals surface area contributed by atoms with Gasteiger partial charge in [0.2, 0.25) is 0 Å². The molecule has 0 aromatic heterocycles. The number of methoxy groups -OCH3 is 1. The van der Waals surface area contributed by atoms with E-state index < -0.39 is 23.3 Å². The average Bonchev–Trinajstić information content (AvgIpc) is 1.83. The molecule has 0 unspecified atom stereocenters. The molecule has 70 valence electrons. The number of rotatable bonds is 2. The van der Waals surface area contributed by atoms with Crippen LogP contribution in [0.25, 0.3) is 0 Å². The second-order valence-electron chi connectivity index (χ2n) is 3.64. The van der Waals surface area contributed by atoms with Crippen LogP contribution in [0, 0.1) is 11.3 Å². The summed E-state index contributed by atoms with van der Waals surface area (Å²) in [6, 6.07) is 0. The van der Waals surface area contributed by atoms with E-state index in [-0.39, 0.29) is 0 Å². The molecule has 0 aliphatic carbocycles. The van der Waals surface area contributed by atoms with Crippen LogP contribution in [0.4, 0.5) is 0 Å². The Labute approximate surface area is 71.5 Å². The quantitative estimate of drug-likeness (QED) is 0.420. The smallest absolute Gasteiger partial charge is 0.314 e. The molecule has 0 spiro atoms. The van der Waals surface area contributed by atoms with Gasteiger partial charge in [0, 0.05) is 0 Å². The van der Waals surface area contributed by atoms with Gasteiger partial charge in [-0.15, -0.1) is 0 Å². The number of hydrogen-bond acceptors (Lipinski definition) is 4. The Hall–Kier alpha value is -1.06. The molecular weight excluding hydrogens is 160 g/mol. The fourth-order valence-electron chi connectivity index (χ4n) is 0.921. The first-order valence-corrected chi connectivity index (χ1v) is 3.59. The van der Waals surface area contributed by atoms with Gasteiger partial charge in [-0.25, -0.2) is 0 Å². The van der Waals surface area contributed by atoms with Crippen molar-refractivity contribution in [2.24, 2.45) is 11.3 Å². The standard InChI is InChI=1S/C8H14O4/c1-8(2,3)5(6(9)10)7(11)12-4/h5H,1-4H3,(H,9,10)/p-1/t5-/m0/s1. The van der Waals surface area contributed by atoms with Gasteiger partial charge in [0.05, 0.1) is 13.1 Å². The molecule has 0 aliphatic rings. The molecule has 12 heavy (non-hydrogen) atoms. The van der Waals surface area contributed by atoms with Crippen molar-refractivity contribution < 1.29 is 19.4 Å². The van der Waals surface area contributed by atoms with Crippen LogP contribution in [0.2, 0.25) is 0 Å². The third-order valence-corrected chi connectivity index (χ3v) is 1.54. The summed E-state index contributed by atoms with van der Waals surface area (Å²) in [5.41, 5.74) is -0.675. The molecule has 4 heteroatoms. The molecule has 0 fully saturated rings. The molecule has 0 radical (unpaired) electrons. The van der Waals surface area contributed by atoms with Gasteiger partial charge in [-0.2, -0.15) is 0 Å². The third kappa shape index (κ3) is 2.53. The van der Waals surface area contributed by atoms with Gasteiger partial charge in [0.15, 0.2) is 0 Å². The normalized spacial score (nSPS) is 13.7. The zero-order chi connectivity index (χ0) is 9.94. The van der Waals surface area contributed by atoms with Gasteiger partial charge in [0.25, 0.3) is 0 Å². The Morgan fingerprint density at radius 3 is 1.83 bits per heavy atom. The number of carbonyl (C=O) groups is 2. The number of ether oxygens (including phenoxy) is 1. The lowest BCUT2D eigenvalue weighted by Crippen LogP contribution is -2.44. The highest BCUT2D eigenvalue weighted by atomic mass is 16.5. The van der Waals surface area contributed by atoms with Crippen molar-refractivity contribution >= 4 is 11.9 Å². The van der Waals surface area contributed by atoms with E-state index in [1.807, 2.05) is 0 Å². The van der Waals surface area contributed by atoms with Crippen LogP contribution < -0.4 is 5.11 Å². The van der Waals surface area contributed by atoms with Crippen LogP contribution in [-0.2, 0) is 14.3 Å². The average molecular weight is 173 g/mol. The molecule has 4 nitrogen and oxygen atoms in total. The van der Waals surface area contributed by atoms with Crippen LogP contribution in [0.15, 0.2) is 0 Å². The highest BCUT2D eigenvalue weighted by Crippen LogP contribution is 2.26. The highest BCUT2D eigenvalue weighted by molar-refractivity contribution is 5.93. The Morgan fingerprint density at radius 1 is 1.33 bits per heavy atom. The lowest BCUT2D eigenvalue weighted by atomic mass is 9.81. The number of carboxylic acid groups (broad SMARTS) is 1. The van der Waals surface area contributed by atoms with Crippen LogP contribution in [0.5, 0.6) is 0 Å². The monoisotopic (exact) mass is 173 g/mol. The molecule has 0 rings (SSSR count). The molecule has 1 atom stereocenters. The van der Waals surface area contributed by atoms with Crippen LogP contribution in [0.3, 0.4) is 0 Å². The van der Waals surface area contributed by atoms with Crippen molar-refractivity contribution in [3.63, 3.8) is 0 Å². The number of aliphatic carboxylic acids is 1. The van der Waals surface area contributed by atoms with Gasteiger partial charge < -0.3 is 14.6 Å². The maximum atomic E-state index is 11.0. The van der Waals surface area contributed by atoms with E-state index >= 15 is 0 Å². The summed E-state index contributed by atoms with van der Waals surface area (Å²) in [6.07, 6.45) is 0. The molecular formula is C8H13O4-. The van der Waals surface area contributed by atoms with E-state index in [1.54, 1.807) is 20.8 Å². The van der Waals surface area contributed by atoms with Crippen molar-refractivity contribution in [1.29, 1.82) is 0 Å². The number of carboxylic acids is 1. The summed E-state index contributed by atoms with van der Waals surface area (Å²) in [6.45, 7) is 4.93. The van der Waals surface area contributed by atoms with Gasteiger partial charge in [0.1, 0.15) is 5.92 Å². The zero-order valence-corrected chi connectivity index (χ0v) is 7.71. The van der Waals surface area contributed by atoms with E-state index in [0.717, 1.165) is 7.11 Å².